The van der Waals surface area contributed by atoms with E-state index in [0.29, 0.717) is 6.61 Å². The average Bonchev–Trinajstić information content (AvgIpc) is 2.59. The van der Waals surface area contributed by atoms with Crippen LogP contribution in [0.3, 0.4) is 0 Å². The minimum Gasteiger partial charge on any atom is -0.490 e. The summed E-state index contributed by atoms with van der Waals surface area (Å²) in [6.45, 7) is 6.19. The van der Waals surface area contributed by atoms with E-state index < -0.39 is 5.97 Å². The lowest BCUT2D eigenvalue weighted by Gasteiger charge is -2.07. The predicted octanol–water partition coefficient (Wildman–Crippen LogP) is 5.09. The van der Waals surface area contributed by atoms with Gasteiger partial charge in [-0.15, -0.1) is 0 Å². The van der Waals surface area contributed by atoms with Gasteiger partial charge in [0.2, 0.25) is 0 Å². The molecule has 3 heteroatoms. The van der Waals surface area contributed by atoms with E-state index in [1.807, 2.05) is 12.1 Å². The van der Waals surface area contributed by atoms with Crippen LogP contribution < -0.4 is 4.74 Å². The summed E-state index contributed by atoms with van der Waals surface area (Å²) in [6, 6.07) is 8.18. The molecule has 0 aliphatic heterocycles. The minimum atomic E-state index is -0.418. The zero-order valence-electron chi connectivity index (χ0n) is 14.4. The molecule has 3 nitrogen and oxygen atoms in total. The molecule has 1 aromatic carbocycles. The first-order valence-electron chi connectivity index (χ1n) is 8.77. The van der Waals surface area contributed by atoms with Crippen molar-refractivity contribution < 1.29 is 14.3 Å². The Hall–Kier alpha value is -1.77. The summed E-state index contributed by atoms with van der Waals surface area (Å²) < 4.78 is 10.4. The standard InChI is InChI=1S/C20H30O3/c1-3-5-6-7-8-9-10-11-18-12-14-19(15-13-18)22-16-17-23-20(21)4-2/h4,12-15H,2-3,5-11,16-17H2,1H3. The number of carbonyl (C=O) groups excluding carboxylic acids is 1. The van der Waals surface area contributed by atoms with Crippen molar-refractivity contribution in [3.05, 3.63) is 42.5 Å². The maximum Gasteiger partial charge on any atom is 0.330 e. The lowest BCUT2D eigenvalue weighted by molar-refractivity contribution is -0.138. The molecule has 0 saturated heterocycles. The van der Waals surface area contributed by atoms with E-state index >= 15 is 0 Å². The molecule has 0 fully saturated rings. The molecule has 0 aliphatic carbocycles. The number of aryl methyl sites for hydroxylation is 1. The van der Waals surface area contributed by atoms with Gasteiger partial charge in [-0.1, -0.05) is 64.2 Å². The summed E-state index contributed by atoms with van der Waals surface area (Å²) in [7, 11) is 0. The van der Waals surface area contributed by atoms with Crippen LogP contribution in [0, 0.1) is 0 Å². The van der Waals surface area contributed by atoms with Crippen molar-refractivity contribution in [2.45, 2.75) is 58.3 Å². The highest BCUT2D eigenvalue weighted by molar-refractivity contribution is 5.81. The Balaban J connectivity index is 2.10. The highest BCUT2D eigenvalue weighted by Crippen LogP contribution is 2.15. The van der Waals surface area contributed by atoms with Gasteiger partial charge in [-0.3, -0.25) is 0 Å². The van der Waals surface area contributed by atoms with Crippen molar-refractivity contribution in [3.63, 3.8) is 0 Å². The number of ether oxygens (including phenoxy) is 2. The van der Waals surface area contributed by atoms with E-state index in [0.717, 1.165) is 18.2 Å². The van der Waals surface area contributed by atoms with E-state index in [1.165, 1.54) is 50.5 Å². The Morgan fingerprint density at radius 2 is 1.65 bits per heavy atom. The van der Waals surface area contributed by atoms with Crippen molar-refractivity contribution >= 4 is 5.97 Å². The van der Waals surface area contributed by atoms with Gasteiger partial charge in [0, 0.05) is 6.08 Å². The van der Waals surface area contributed by atoms with E-state index in [4.69, 9.17) is 9.47 Å². The molecular formula is C20H30O3. The number of hydrogen-bond donors (Lipinski definition) is 0. The number of benzene rings is 1. The van der Waals surface area contributed by atoms with Crippen LogP contribution in [0.2, 0.25) is 0 Å². The van der Waals surface area contributed by atoms with Gasteiger partial charge in [-0.2, -0.15) is 0 Å². The lowest BCUT2D eigenvalue weighted by atomic mass is 10.0. The Morgan fingerprint density at radius 1 is 1.00 bits per heavy atom. The first-order chi connectivity index (χ1) is 11.3. The van der Waals surface area contributed by atoms with Gasteiger partial charge in [0.05, 0.1) is 0 Å². The van der Waals surface area contributed by atoms with Crippen LogP contribution in [0.25, 0.3) is 0 Å². The molecule has 0 bridgehead atoms. The summed E-state index contributed by atoms with van der Waals surface area (Å²) >= 11 is 0. The summed E-state index contributed by atoms with van der Waals surface area (Å²) in [4.78, 5) is 10.9. The number of hydrogen-bond acceptors (Lipinski definition) is 3. The van der Waals surface area contributed by atoms with Crippen LogP contribution in [0.4, 0.5) is 0 Å². The van der Waals surface area contributed by atoms with Gasteiger partial charge in [0.1, 0.15) is 19.0 Å². The van der Waals surface area contributed by atoms with Crippen molar-refractivity contribution in [1.82, 2.24) is 0 Å². The van der Waals surface area contributed by atoms with Crippen molar-refractivity contribution in [2.24, 2.45) is 0 Å². The SMILES string of the molecule is C=CC(=O)OCCOc1ccc(CCCCCCCCC)cc1. The monoisotopic (exact) mass is 318 g/mol. The van der Waals surface area contributed by atoms with Crippen LogP contribution in [-0.4, -0.2) is 19.2 Å². The summed E-state index contributed by atoms with van der Waals surface area (Å²) in [5, 5.41) is 0. The van der Waals surface area contributed by atoms with Gasteiger partial charge >= 0.3 is 5.97 Å². The molecule has 0 spiro atoms. The highest BCUT2D eigenvalue weighted by atomic mass is 16.6. The quantitative estimate of drug-likeness (QED) is 0.289. The zero-order valence-corrected chi connectivity index (χ0v) is 14.4. The summed E-state index contributed by atoms with van der Waals surface area (Å²) in [5.41, 5.74) is 1.35. The van der Waals surface area contributed by atoms with Crippen LogP contribution in [0.15, 0.2) is 36.9 Å². The third-order valence-electron chi connectivity index (χ3n) is 3.76. The molecule has 0 amide bonds. The van der Waals surface area contributed by atoms with Crippen molar-refractivity contribution in [1.29, 1.82) is 0 Å². The van der Waals surface area contributed by atoms with Crippen molar-refractivity contribution in [3.8, 4) is 5.75 Å². The Morgan fingerprint density at radius 3 is 2.30 bits per heavy atom. The molecular weight excluding hydrogens is 288 g/mol. The fourth-order valence-electron chi connectivity index (χ4n) is 2.40. The molecule has 0 unspecified atom stereocenters. The van der Waals surface area contributed by atoms with E-state index in [9.17, 15) is 4.79 Å². The molecule has 0 aliphatic rings. The second-order valence-electron chi connectivity index (χ2n) is 5.74. The normalized spacial score (nSPS) is 10.3. The molecule has 23 heavy (non-hydrogen) atoms. The van der Waals surface area contributed by atoms with E-state index in [-0.39, 0.29) is 6.61 Å². The Kier molecular flexibility index (Phi) is 10.7. The molecule has 128 valence electrons. The van der Waals surface area contributed by atoms with Crippen molar-refractivity contribution in [2.75, 3.05) is 13.2 Å². The van der Waals surface area contributed by atoms with Crippen LogP contribution in [0.5, 0.6) is 5.75 Å². The number of carbonyl (C=O) groups is 1. The van der Waals surface area contributed by atoms with Crippen LogP contribution in [0.1, 0.15) is 57.4 Å². The second kappa shape index (κ2) is 12.7. The van der Waals surface area contributed by atoms with Gasteiger partial charge in [-0.05, 0) is 30.5 Å². The molecule has 0 radical (unpaired) electrons. The maximum atomic E-state index is 10.9. The second-order valence-corrected chi connectivity index (χ2v) is 5.74. The molecule has 0 heterocycles. The molecule has 0 aromatic heterocycles. The first-order valence-corrected chi connectivity index (χ1v) is 8.77. The third-order valence-corrected chi connectivity index (χ3v) is 3.76. The third kappa shape index (κ3) is 9.77. The zero-order chi connectivity index (χ0) is 16.8. The van der Waals surface area contributed by atoms with Crippen LogP contribution in [-0.2, 0) is 16.0 Å². The maximum absolute atomic E-state index is 10.9. The minimum absolute atomic E-state index is 0.241. The number of unbranched alkanes of at least 4 members (excludes halogenated alkanes) is 6. The lowest BCUT2D eigenvalue weighted by Crippen LogP contribution is -2.10. The first kappa shape index (κ1) is 19.3. The Labute approximate surface area is 140 Å². The average molecular weight is 318 g/mol. The van der Waals surface area contributed by atoms with E-state index in [1.54, 1.807) is 0 Å². The predicted molar refractivity (Wildman–Crippen MR) is 94.8 cm³/mol. The molecule has 0 saturated carbocycles. The van der Waals surface area contributed by atoms with Gasteiger partial charge in [-0.25, -0.2) is 4.79 Å². The smallest absolute Gasteiger partial charge is 0.330 e. The van der Waals surface area contributed by atoms with Crippen LogP contribution >= 0.6 is 0 Å². The Bertz CT molecular complexity index is 437. The fraction of sp³-hybridized carbons (Fsp3) is 0.550. The summed E-state index contributed by atoms with van der Waals surface area (Å²) in [6.07, 6.45) is 11.6. The summed E-state index contributed by atoms with van der Waals surface area (Å²) in [5.74, 6) is 0.390. The molecule has 1 rings (SSSR count). The molecule has 1 aromatic rings. The number of esters is 1. The topological polar surface area (TPSA) is 35.5 Å². The molecule has 0 atom stereocenters. The fourth-order valence-corrected chi connectivity index (χ4v) is 2.40. The largest absolute Gasteiger partial charge is 0.490 e. The van der Waals surface area contributed by atoms with E-state index in [2.05, 4.69) is 25.6 Å². The van der Waals surface area contributed by atoms with Gasteiger partial charge < -0.3 is 9.47 Å². The molecule has 0 N–H and O–H groups in total. The van der Waals surface area contributed by atoms with Gasteiger partial charge in [0.25, 0.3) is 0 Å². The number of rotatable bonds is 13. The highest BCUT2D eigenvalue weighted by Gasteiger charge is 1.99. The van der Waals surface area contributed by atoms with Gasteiger partial charge in [0.15, 0.2) is 0 Å².